The molecule has 0 atom stereocenters. The lowest BCUT2D eigenvalue weighted by atomic mass is 10.1. The molecular weight excluding hydrogens is 114 g/mol. The minimum Gasteiger partial charge on any atom is -0.352 e. The number of carbonyl (C=O) groups is 1. The standard InChI is InChI=1S/C7H9NO/c1-2-6-4-3-5-8-7(6)9/h2,4H,1,3,5H2,(H,8,9). The van der Waals surface area contributed by atoms with Gasteiger partial charge in [0.05, 0.1) is 0 Å². The fraction of sp³-hybridized carbons (Fsp3) is 0.286. The third-order valence-electron chi connectivity index (χ3n) is 1.28. The van der Waals surface area contributed by atoms with Crippen LogP contribution < -0.4 is 5.32 Å². The largest absolute Gasteiger partial charge is 0.352 e. The highest BCUT2D eigenvalue weighted by atomic mass is 16.1. The Morgan fingerprint density at radius 3 is 3.00 bits per heavy atom. The smallest absolute Gasteiger partial charge is 0.250 e. The summed E-state index contributed by atoms with van der Waals surface area (Å²) in [5.74, 6) is -0.00347. The van der Waals surface area contributed by atoms with Crippen LogP contribution in [0.1, 0.15) is 6.42 Å². The molecule has 9 heavy (non-hydrogen) atoms. The molecule has 1 aliphatic heterocycles. The topological polar surface area (TPSA) is 29.1 Å². The van der Waals surface area contributed by atoms with E-state index in [0.717, 1.165) is 13.0 Å². The van der Waals surface area contributed by atoms with Gasteiger partial charge in [-0.25, -0.2) is 0 Å². The van der Waals surface area contributed by atoms with E-state index >= 15 is 0 Å². The lowest BCUT2D eigenvalue weighted by Gasteiger charge is -2.08. The van der Waals surface area contributed by atoms with Crippen LogP contribution in [0.3, 0.4) is 0 Å². The quantitative estimate of drug-likeness (QED) is 0.544. The van der Waals surface area contributed by atoms with Crippen molar-refractivity contribution < 1.29 is 4.79 Å². The van der Waals surface area contributed by atoms with Crippen molar-refractivity contribution in [3.05, 3.63) is 24.3 Å². The van der Waals surface area contributed by atoms with E-state index in [9.17, 15) is 4.79 Å². The molecule has 0 bridgehead atoms. The average Bonchev–Trinajstić information content (AvgIpc) is 1.89. The first kappa shape index (κ1) is 6.08. The number of nitrogens with one attached hydrogen (secondary N) is 1. The Balaban J connectivity index is 2.75. The van der Waals surface area contributed by atoms with E-state index in [2.05, 4.69) is 11.9 Å². The molecule has 2 nitrogen and oxygen atoms in total. The molecule has 1 N–H and O–H groups in total. The summed E-state index contributed by atoms with van der Waals surface area (Å²) < 4.78 is 0. The van der Waals surface area contributed by atoms with E-state index in [4.69, 9.17) is 0 Å². The van der Waals surface area contributed by atoms with Crippen LogP contribution >= 0.6 is 0 Å². The van der Waals surface area contributed by atoms with Gasteiger partial charge in [0.25, 0.3) is 5.91 Å². The molecule has 1 rings (SSSR count). The van der Waals surface area contributed by atoms with Gasteiger partial charge in [-0.3, -0.25) is 4.79 Å². The number of hydrogen-bond donors (Lipinski definition) is 1. The van der Waals surface area contributed by atoms with Gasteiger partial charge in [-0.05, 0) is 6.42 Å². The van der Waals surface area contributed by atoms with Gasteiger partial charge in [-0.1, -0.05) is 18.7 Å². The fourth-order valence-corrected chi connectivity index (χ4v) is 0.784. The summed E-state index contributed by atoms with van der Waals surface area (Å²) in [5.41, 5.74) is 0.696. The number of amides is 1. The first-order valence-corrected chi connectivity index (χ1v) is 2.95. The summed E-state index contributed by atoms with van der Waals surface area (Å²) in [6.45, 7) is 4.27. The molecule has 0 aromatic heterocycles. The van der Waals surface area contributed by atoms with Gasteiger partial charge in [0.15, 0.2) is 0 Å². The normalized spacial score (nSPS) is 18.2. The van der Waals surface area contributed by atoms with Crippen molar-refractivity contribution in [1.82, 2.24) is 5.32 Å². The Hall–Kier alpha value is -1.05. The number of rotatable bonds is 1. The first-order chi connectivity index (χ1) is 4.34. The second-order valence-corrected chi connectivity index (χ2v) is 1.91. The molecule has 0 saturated heterocycles. The predicted molar refractivity (Wildman–Crippen MR) is 35.9 cm³/mol. The van der Waals surface area contributed by atoms with Gasteiger partial charge in [0.2, 0.25) is 0 Å². The fourth-order valence-electron chi connectivity index (χ4n) is 0.784. The van der Waals surface area contributed by atoms with E-state index in [-0.39, 0.29) is 5.91 Å². The molecule has 0 spiro atoms. The molecule has 1 aliphatic rings. The molecule has 0 aromatic carbocycles. The Kier molecular flexibility index (Phi) is 1.68. The van der Waals surface area contributed by atoms with Gasteiger partial charge in [-0.2, -0.15) is 0 Å². The second-order valence-electron chi connectivity index (χ2n) is 1.91. The third kappa shape index (κ3) is 1.19. The Morgan fingerprint density at radius 1 is 1.78 bits per heavy atom. The van der Waals surface area contributed by atoms with Crippen LogP contribution in [0.2, 0.25) is 0 Å². The van der Waals surface area contributed by atoms with Crippen LogP contribution in [0.4, 0.5) is 0 Å². The third-order valence-corrected chi connectivity index (χ3v) is 1.28. The maximum Gasteiger partial charge on any atom is 0.250 e. The van der Waals surface area contributed by atoms with Crippen molar-refractivity contribution in [2.24, 2.45) is 0 Å². The zero-order chi connectivity index (χ0) is 6.69. The molecule has 2 heteroatoms. The van der Waals surface area contributed by atoms with Crippen molar-refractivity contribution >= 4 is 5.91 Å². The number of hydrogen-bond acceptors (Lipinski definition) is 1. The van der Waals surface area contributed by atoms with Crippen LogP contribution in [-0.2, 0) is 4.79 Å². The SMILES string of the molecule is C=CC1=CCCNC1=O. The monoisotopic (exact) mass is 123 g/mol. The Morgan fingerprint density at radius 2 is 2.56 bits per heavy atom. The van der Waals surface area contributed by atoms with Crippen LogP contribution in [-0.4, -0.2) is 12.5 Å². The van der Waals surface area contributed by atoms with Crippen molar-refractivity contribution in [2.45, 2.75) is 6.42 Å². The second kappa shape index (κ2) is 2.49. The summed E-state index contributed by atoms with van der Waals surface area (Å²) in [6, 6.07) is 0. The van der Waals surface area contributed by atoms with Crippen molar-refractivity contribution in [3.63, 3.8) is 0 Å². The molecular formula is C7H9NO. The zero-order valence-corrected chi connectivity index (χ0v) is 5.18. The van der Waals surface area contributed by atoms with Gasteiger partial charge in [0.1, 0.15) is 0 Å². The maximum atomic E-state index is 10.8. The van der Waals surface area contributed by atoms with Gasteiger partial charge in [0, 0.05) is 12.1 Å². The summed E-state index contributed by atoms with van der Waals surface area (Å²) in [7, 11) is 0. The molecule has 1 heterocycles. The van der Waals surface area contributed by atoms with Crippen LogP contribution in [0, 0.1) is 0 Å². The first-order valence-electron chi connectivity index (χ1n) is 2.95. The van der Waals surface area contributed by atoms with E-state index in [1.54, 1.807) is 6.08 Å². The Labute approximate surface area is 54.3 Å². The van der Waals surface area contributed by atoms with Gasteiger partial charge < -0.3 is 5.32 Å². The molecule has 0 unspecified atom stereocenters. The zero-order valence-electron chi connectivity index (χ0n) is 5.18. The van der Waals surface area contributed by atoms with Gasteiger partial charge in [-0.15, -0.1) is 0 Å². The summed E-state index contributed by atoms with van der Waals surface area (Å²) >= 11 is 0. The minimum absolute atomic E-state index is 0.00347. The summed E-state index contributed by atoms with van der Waals surface area (Å²) in [6.07, 6.45) is 4.40. The van der Waals surface area contributed by atoms with Crippen LogP contribution in [0.25, 0.3) is 0 Å². The van der Waals surface area contributed by atoms with E-state index < -0.39 is 0 Å². The average molecular weight is 123 g/mol. The lowest BCUT2D eigenvalue weighted by molar-refractivity contribution is -0.117. The summed E-state index contributed by atoms with van der Waals surface area (Å²) in [5, 5.41) is 2.70. The molecule has 48 valence electrons. The lowest BCUT2D eigenvalue weighted by Crippen LogP contribution is -2.28. The van der Waals surface area contributed by atoms with Crippen molar-refractivity contribution in [3.8, 4) is 0 Å². The van der Waals surface area contributed by atoms with Crippen LogP contribution in [0.5, 0.6) is 0 Å². The molecule has 0 fully saturated rings. The highest BCUT2D eigenvalue weighted by molar-refractivity contribution is 5.96. The highest BCUT2D eigenvalue weighted by Crippen LogP contribution is 2.01. The van der Waals surface area contributed by atoms with E-state index in [0.29, 0.717) is 5.57 Å². The van der Waals surface area contributed by atoms with Crippen molar-refractivity contribution in [2.75, 3.05) is 6.54 Å². The predicted octanol–water partition coefficient (Wildman–Crippen LogP) is 0.619. The van der Waals surface area contributed by atoms with Crippen LogP contribution in [0.15, 0.2) is 24.3 Å². The van der Waals surface area contributed by atoms with Gasteiger partial charge >= 0.3 is 0 Å². The van der Waals surface area contributed by atoms with E-state index in [1.165, 1.54) is 0 Å². The Bertz CT molecular complexity index is 170. The molecule has 0 aromatic rings. The molecule has 0 aliphatic carbocycles. The molecule has 0 saturated carbocycles. The highest BCUT2D eigenvalue weighted by Gasteiger charge is 2.07. The maximum absolute atomic E-state index is 10.8. The van der Waals surface area contributed by atoms with E-state index in [1.807, 2.05) is 6.08 Å². The number of carbonyl (C=O) groups excluding carboxylic acids is 1. The van der Waals surface area contributed by atoms with Crippen molar-refractivity contribution in [1.29, 1.82) is 0 Å². The molecule has 0 radical (unpaired) electrons. The minimum atomic E-state index is -0.00347. The molecule has 1 amide bonds. The summed E-state index contributed by atoms with van der Waals surface area (Å²) in [4.78, 5) is 10.8.